The number of nitrogens with zero attached hydrogens (tertiary/aromatic N) is 4. The number of hydrogen-bond donors (Lipinski definition) is 1. The SMILES string of the molecule is CCCCn1cc([C@]2(O)CCC3C4CCC5=CC(=NOC)CC[C@@H]5C4CC[C@@]32C)nn1. The van der Waals surface area contributed by atoms with E-state index in [-0.39, 0.29) is 5.41 Å². The molecule has 3 fully saturated rings. The summed E-state index contributed by atoms with van der Waals surface area (Å²) in [6.07, 6.45) is 15.4. The quantitative estimate of drug-likeness (QED) is 0.684. The molecule has 6 nitrogen and oxygen atoms in total. The largest absolute Gasteiger partial charge is 0.399 e. The standard InChI is InChI=1S/C25H38N4O2/c1-4-5-14-29-16-23(26-28-29)25(30)13-11-22-21-8-6-17-15-18(27-31-3)7-9-19(17)20(21)10-12-24(22,25)2/h15-16,19-22,30H,4-14H2,1-3H3/t19-,20?,21?,22?,24-,25+/m0/s1. The third kappa shape index (κ3) is 3.28. The lowest BCUT2D eigenvalue weighted by molar-refractivity contribution is -0.124. The predicted octanol–water partition coefficient (Wildman–Crippen LogP) is 4.84. The lowest BCUT2D eigenvalue weighted by Crippen LogP contribution is -2.51. The molecule has 1 N–H and O–H groups in total. The summed E-state index contributed by atoms with van der Waals surface area (Å²) in [7, 11) is 1.64. The normalized spacial score (nSPS) is 40.8. The van der Waals surface area contributed by atoms with Crippen molar-refractivity contribution in [2.75, 3.05) is 7.11 Å². The van der Waals surface area contributed by atoms with Gasteiger partial charge in [-0.3, -0.25) is 4.68 Å². The fourth-order valence-electron chi connectivity index (χ4n) is 7.74. The Balaban J connectivity index is 1.38. The van der Waals surface area contributed by atoms with E-state index >= 15 is 0 Å². The van der Waals surface area contributed by atoms with E-state index < -0.39 is 5.60 Å². The lowest BCUT2D eigenvalue weighted by atomic mass is 9.50. The number of hydrogen-bond acceptors (Lipinski definition) is 5. The van der Waals surface area contributed by atoms with Crippen LogP contribution in [0.4, 0.5) is 0 Å². The number of aromatic nitrogens is 3. The number of rotatable bonds is 5. The summed E-state index contributed by atoms with van der Waals surface area (Å²) in [6, 6.07) is 0. The average Bonchev–Trinajstić information content (AvgIpc) is 3.36. The first kappa shape index (κ1) is 21.2. The van der Waals surface area contributed by atoms with E-state index in [4.69, 9.17) is 4.84 Å². The predicted molar refractivity (Wildman–Crippen MR) is 120 cm³/mol. The lowest BCUT2D eigenvalue weighted by Gasteiger charge is -2.55. The van der Waals surface area contributed by atoms with Gasteiger partial charge in [-0.15, -0.1) is 5.10 Å². The highest BCUT2D eigenvalue weighted by Gasteiger charge is 2.63. The van der Waals surface area contributed by atoms with Gasteiger partial charge in [0.1, 0.15) is 18.4 Å². The van der Waals surface area contributed by atoms with Gasteiger partial charge >= 0.3 is 0 Å². The molecule has 0 aliphatic heterocycles. The summed E-state index contributed by atoms with van der Waals surface area (Å²) >= 11 is 0. The summed E-state index contributed by atoms with van der Waals surface area (Å²) < 4.78 is 1.93. The fraction of sp³-hybridized carbons (Fsp3) is 0.800. The van der Waals surface area contributed by atoms with Crippen molar-refractivity contribution in [1.29, 1.82) is 0 Å². The Hall–Kier alpha value is -1.69. The zero-order chi connectivity index (χ0) is 21.6. The van der Waals surface area contributed by atoms with Gasteiger partial charge in [0.2, 0.25) is 0 Å². The molecular formula is C25H38N4O2. The van der Waals surface area contributed by atoms with E-state index in [0.717, 1.165) is 62.4 Å². The molecule has 0 aromatic carbocycles. The second kappa shape index (κ2) is 8.02. The molecular weight excluding hydrogens is 388 g/mol. The molecule has 1 aromatic heterocycles. The number of aliphatic hydroxyl groups is 1. The van der Waals surface area contributed by atoms with Crippen molar-refractivity contribution >= 4 is 5.71 Å². The zero-order valence-electron chi connectivity index (χ0n) is 19.4. The molecule has 1 heterocycles. The van der Waals surface area contributed by atoms with Crippen LogP contribution in [0.2, 0.25) is 0 Å². The molecule has 5 rings (SSSR count). The van der Waals surface area contributed by atoms with Crippen LogP contribution in [0.3, 0.4) is 0 Å². The Morgan fingerprint density at radius 2 is 2.06 bits per heavy atom. The van der Waals surface area contributed by atoms with Crippen LogP contribution in [0.5, 0.6) is 0 Å². The number of aryl methyl sites for hydroxylation is 1. The van der Waals surface area contributed by atoms with Gasteiger partial charge in [0.05, 0.1) is 11.9 Å². The van der Waals surface area contributed by atoms with Crippen molar-refractivity contribution in [1.82, 2.24) is 15.0 Å². The Morgan fingerprint density at radius 3 is 2.87 bits per heavy atom. The van der Waals surface area contributed by atoms with E-state index in [0.29, 0.717) is 17.8 Å². The molecule has 0 saturated heterocycles. The van der Waals surface area contributed by atoms with Crippen LogP contribution in [0.15, 0.2) is 23.0 Å². The van der Waals surface area contributed by atoms with E-state index in [1.807, 2.05) is 10.9 Å². The highest BCUT2D eigenvalue weighted by Crippen LogP contribution is 2.67. The molecule has 4 aliphatic rings. The van der Waals surface area contributed by atoms with Gasteiger partial charge in [0.25, 0.3) is 0 Å². The van der Waals surface area contributed by atoms with E-state index in [2.05, 4.69) is 35.4 Å². The first-order valence-electron chi connectivity index (χ1n) is 12.4. The highest BCUT2D eigenvalue weighted by molar-refractivity contribution is 5.96. The minimum absolute atomic E-state index is 0.0989. The second-order valence-electron chi connectivity index (χ2n) is 10.7. The minimum atomic E-state index is -0.839. The summed E-state index contributed by atoms with van der Waals surface area (Å²) in [5.41, 5.74) is 2.57. The van der Waals surface area contributed by atoms with Crippen LogP contribution < -0.4 is 0 Å². The molecule has 4 aliphatic carbocycles. The third-order valence-electron chi connectivity index (χ3n) is 9.38. The van der Waals surface area contributed by atoms with E-state index in [1.165, 1.54) is 25.7 Å². The minimum Gasteiger partial charge on any atom is -0.399 e. The Bertz CT molecular complexity index is 877. The van der Waals surface area contributed by atoms with Crippen LogP contribution >= 0.6 is 0 Å². The van der Waals surface area contributed by atoms with Crippen LogP contribution in [0.1, 0.15) is 83.7 Å². The molecule has 3 saturated carbocycles. The van der Waals surface area contributed by atoms with Crippen LogP contribution in [0, 0.1) is 29.1 Å². The number of unbranched alkanes of at least 4 members (excludes halogenated alkanes) is 1. The van der Waals surface area contributed by atoms with Gasteiger partial charge in [-0.25, -0.2) is 0 Å². The maximum Gasteiger partial charge on any atom is 0.116 e. The number of allylic oxidation sites excluding steroid dienone is 2. The van der Waals surface area contributed by atoms with E-state index in [9.17, 15) is 5.11 Å². The van der Waals surface area contributed by atoms with Crippen LogP contribution in [-0.4, -0.2) is 32.9 Å². The number of oxime groups is 1. The maximum atomic E-state index is 12.0. The molecule has 0 radical (unpaired) electrons. The average molecular weight is 427 g/mol. The molecule has 0 bridgehead atoms. The van der Waals surface area contributed by atoms with Crippen molar-refractivity contribution in [2.24, 2.45) is 34.2 Å². The van der Waals surface area contributed by atoms with Gasteiger partial charge in [0, 0.05) is 12.0 Å². The van der Waals surface area contributed by atoms with Crippen molar-refractivity contribution in [3.8, 4) is 0 Å². The number of fused-ring (bicyclic) bond motifs is 5. The fourth-order valence-corrected chi connectivity index (χ4v) is 7.74. The molecule has 1 aromatic rings. The molecule has 6 heteroatoms. The summed E-state index contributed by atoms with van der Waals surface area (Å²) in [6.45, 7) is 5.42. The van der Waals surface area contributed by atoms with Crippen LogP contribution in [0.25, 0.3) is 0 Å². The first-order valence-corrected chi connectivity index (χ1v) is 12.4. The molecule has 31 heavy (non-hydrogen) atoms. The Kier molecular flexibility index (Phi) is 5.48. The Labute approximate surface area is 186 Å². The molecule has 3 unspecified atom stereocenters. The van der Waals surface area contributed by atoms with Crippen molar-refractivity contribution < 1.29 is 9.94 Å². The molecule has 0 spiro atoms. The van der Waals surface area contributed by atoms with Crippen molar-refractivity contribution in [3.05, 3.63) is 23.5 Å². The Morgan fingerprint density at radius 1 is 1.19 bits per heavy atom. The van der Waals surface area contributed by atoms with Crippen LogP contribution in [-0.2, 0) is 17.0 Å². The second-order valence-corrected chi connectivity index (χ2v) is 10.7. The van der Waals surface area contributed by atoms with Crippen molar-refractivity contribution in [3.63, 3.8) is 0 Å². The zero-order valence-corrected chi connectivity index (χ0v) is 19.4. The molecule has 6 atom stereocenters. The smallest absolute Gasteiger partial charge is 0.116 e. The highest BCUT2D eigenvalue weighted by atomic mass is 16.6. The monoisotopic (exact) mass is 426 g/mol. The van der Waals surface area contributed by atoms with E-state index in [1.54, 1.807) is 12.7 Å². The van der Waals surface area contributed by atoms with Crippen molar-refractivity contribution in [2.45, 2.75) is 90.2 Å². The molecule has 170 valence electrons. The summed E-state index contributed by atoms with van der Waals surface area (Å²) in [5.74, 6) is 2.74. The van der Waals surface area contributed by atoms with Gasteiger partial charge in [-0.1, -0.05) is 36.2 Å². The first-order chi connectivity index (χ1) is 15.0. The topological polar surface area (TPSA) is 72.5 Å². The van der Waals surface area contributed by atoms with Gasteiger partial charge < -0.3 is 9.94 Å². The molecule has 0 amide bonds. The maximum absolute atomic E-state index is 12.0. The van der Waals surface area contributed by atoms with Gasteiger partial charge in [-0.05, 0) is 87.5 Å². The summed E-state index contributed by atoms with van der Waals surface area (Å²) in [4.78, 5) is 5.03. The van der Waals surface area contributed by atoms with Gasteiger partial charge in [-0.2, -0.15) is 0 Å². The summed E-state index contributed by atoms with van der Waals surface area (Å²) in [5, 5.41) is 25.1. The third-order valence-corrected chi connectivity index (χ3v) is 9.38. The van der Waals surface area contributed by atoms with Gasteiger partial charge in [0.15, 0.2) is 0 Å².